The van der Waals surface area contributed by atoms with Crippen LogP contribution in [0.15, 0.2) is 108 Å². The minimum absolute atomic E-state index is 0.0628. The van der Waals surface area contributed by atoms with Crippen LogP contribution in [0.3, 0.4) is 0 Å². The number of hydrogen-bond donors (Lipinski definition) is 0. The molecule has 39 heavy (non-hydrogen) atoms. The van der Waals surface area contributed by atoms with E-state index in [2.05, 4.69) is 118 Å². The van der Waals surface area contributed by atoms with E-state index in [4.69, 9.17) is 6.58 Å². The maximum Gasteiger partial charge on any atom is 0.0581 e. The lowest BCUT2D eigenvalue weighted by atomic mass is 9.60. The molecule has 0 bridgehead atoms. The maximum absolute atomic E-state index is 4.83. The fourth-order valence-corrected chi connectivity index (χ4v) is 7.94. The Hall–Kier alpha value is -3.84. The molecule has 1 atom stereocenters. The van der Waals surface area contributed by atoms with Crippen LogP contribution in [0.25, 0.3) is 11.1 Å². The summed E-state index contributed by atoms with van der Waals surface area (Å²) in [7, 11) is 0. The minimum atomic E-state index is -0.113. The van der Waals surface area contributed by atoms with E-state index in [0.29, 0.717) is 5.92 Å². The molecule has 1 heteroatoms. The molecule has 0 spiro atoms. The Morgan fingerprint density at radius 3 is 2.33 bits per heavy atom. The monoisotopic (exact) mass is 505 g/mol. The van der Waals surface area contributed by atoms with Crippen molar-refractivity contribution < 1.29 is 0 Å². The molecule has 3 aliphatic heterocycles. The molecule has 0 radical (unpaired) electrons. The minimum Gasteiger partial charge on any atom is -0.308 e. The zero-order chi connectivity index (χ0) is 26.7. The lowest BCUT2D eigenvalue weighted by molar-refractivity contribution is 0.539. The van der Waals surface area contributed by atoms with Crippen molar-refractivity contribution in [2.75, 3.05) is 4.90 Å². The Morgan fingerprint density at radius 1 is 0.821 bits per heavy atom. The summed E-state index contributed by atoms with van der Waals surface area (Å²) in [6.07, 6.45) is 12.8. The Kier molecular flexibility index (Phi) is 4.52. The topological polar surface area (TPSA) is 3.24 Å². The highest BCUT2D eigenvalue weighted by molar-refractivity contribution is 6.04. The lowest BCUT2D eigenvalue weighted by Crippen LogP contribution is -2.44. The van der Waals surface area contributed by atoms with Gasteiger partial charge in [0, 0.05) is 27.9 Å². The van der Waals surface area contributed by atoms with E-state index in [0.717, 1.165) is 19.3 Å². The van der Waals surface area contributed by atoms with E-state index in [9.17, 15) is 0 Å². The molecule has 3 aromatic carbocycles. The van der Waals surface area contributed by atoms with Gasteiger partial charge in [-0.25, -0.2) is 0 Å². The average molecular weight is 506 g/mol. The van der Waals surface area contributed by atoms with Gasteiger partial charge in [-0.05, 0) is 75.9 Å². The summed E-state index contributed by atoms with van der Waals surface area (Å²) in [6, 6.07) is 23.0. The maximum atomic E-state index is 4.83. The first-order valence-corrected chi connectivity index (χ1v) is 14.5. The highest BCUT2D eigenvalue weighted by Crippen LogP contribution is 2.65. The first-order chi connectivity index (χ1) is 18.8. The van der Waals surface area contributed by atoms with Crippen molar-refractivity contribution in [3.63, 3.8) is 0 Å². The van der Waals surface area contributed by atoms with Crippen LogP contribution in [0, 0.1) is 0 Å². The van der Waals surface area contributed by atoms with Crippen LogP contribution in [-0.2, 0) is 10.8 Å². The summed E-state index contributed by atoms with van der Waals surface area (Å²) in [5.74, 6) is 0.343. The van der Waals surface area contributed by atoms with E-state index >= 15 is 0 Å². The number of rotatable bonds is 2. The predicted molar refractivity (Wildman–Crippen MR) is 164 cm³/mol. The zero-order valence-corrected chi connectivity index (χ0v) is 23.4. The van der Waals surface area contributed by atoms with Gasteiger partial charge in [0.05, 0.1) is 17.1 Å². The number of anilines is 2. The summed E-state index contributed by atoms with van der Waals surface area (Å²) in [5.41, 5.74) is 17.6. The van der Waals surface area contributed by atoms with Crippen molar-refractivity contribution in [1.29, 1.82) is 0 Å². The number of nitrogens with zero attached hydrogens (tertiary/aromatic N) is 1. The number of hydrogen-bond acceptors (Lipinski definition) is 1. The summed E-state index contributed by atoms with van der Waals surface area (Å²) >= 11 is 0. The Bertz CT molecular complexity index is 1730. The number of allylic oxidation sites excluding steroid dienone is 7. The standard InChI is InChI=1S/C38H35N/c1-23-28-19-26(24-13-8-6-9-14-24)21-32-34(28)39-35-29(23)20-27(25-15-10-7-11-16-25)22-33(35)38(4,5)31-18-12-17-30(36(31)39)37(32,2)3/h6,8-10,12-20,22,26H,1,7,11,21H2,2-5H3. The third kappa shape index (κ3) is 2.91. The van der Waals surface area contributed by atoms with E-state index < -0.39 is 0 Å². The van der Waals surface area contributed by atoms with Crippen LogP contribution < -0.4 is 4.90 Å². The van der Waals surface area contributed by atoms with Gasteiger partial charge in [-0.2, -0.15) is 0 Å². The van der Waals surface area contributed by atoms with Gasteiger partial charge in [0.15, 0.2) is 0 Å². The molecule has 0 saturated carbocycles. The fraction of sp³-hybridized carbons (Fsp3) is 0.263. The molecular weight excluding hydrogens is 470 g/mol. The molecule has 0 aromatic heterocycles. The molecule has 0 amide bonds. The molecule has 192 valence electrons. The average Bonchev–Trinajstić information content (AvgIpc) is 2.96. The molecule has 3 heterocycles. The normalized spacial score (nSPS) is 22.8. The SMILES string of the molecule is C=C1C2=CC(c3ccccc3)CC3=C2N2c4c1cc(C1=CCCC=C1)cc4C(C)(C)c1cccc(c12)C3(C)C. The predicted octanol–water partition coefficient (Wildman–Crippen LogP) is 9.88. The van der Waals surface area contributed by atoms with E-state index in [1.807, 2.05) is 0 Å². The van der Waals surface area contributed by atoms with Crippen molar-refractivity contribution in [1.82, 2.24) is 0 Å². The van der Waals surface area contributed by atoms with Crippen LogP contribution in [0.5, 0.6) is 0 Å². The third-order valence-electron chi connectivity index (χ3n) is 10.1. The van der Waals surface area contributed by atoms with Gasteiger partial charge >= 0.3 is 0 Å². The van der Waals surface area contributed by atoms with Crippen LogP contribution in [-0.4, -0.2) is 0 Å². The second kappa shape index (κ2) is 7.63. The van der Waals surface area contributed by atoms with Crippen molar-refractivity contribution >= 4 is 22.5 Å². The molecule has 1 unspecified atom stereocenters. The second-order valence-electron chi connectivity index (χ2n) is 13.0. The van der Waals surface area contributed by atoms with Gasteiger partial charge in [0.2, 0.25) is 0 Å². The summed E-state index contributed by atoms with van der Waals surface area (Å²) < 4.78 is 0. The molecule has 5 aliphatic rings. The van der Waals surface area contributed by atoms with Crippen LogP contribution in [0.4, 0.5) is 11.4 Å². The Morgan fingerprint density at radius 2 is 1.59 bits per heavy atom. The van der Waals surface area contributed by atoms with E-state index in [1.165, 1.54) is 72.7 Å². The largest absolute Gasteiger partial charge is 0.308 e. The fourth-order valence-electron chi connectivity index (χ4n) is 7.94. The molecular formula is C38H35N. The second-order valence-corrected chi connectivity index (χ2v) is 13.0. The summed E-state index contributed by atoms with van der Waals surface area (Å²) in [4.78, 5) is 2.65. The van der Waals surface area contributed by atoms with Crippen LogP contribution in [0.1, 0.15) is 86.3 Å². The smallest absolute Gasteiger partial charge is 0.0581 e. The van der Waals surface area contributed by atoms with Crippen molar-refractivity contribution in [3.8, 4) is 0 Å². The Labute approximate surface area is 232 Å². The molecule has 2 aliphatic carbocycles. The first kappa shape index (κ1) is 23.1. The third-order valence-corrected chi connectivity index (χ3v) is 10.1. The molecule has 1 nitrogen and oxygen atoms in total. The van der Waals surface area contributed by atoms with Gasteiger partial charge in [0.1, 0.15) is 0 Å². The molecule has 0 saturated heterocycles. The molecule has 0 fully saturated rings. The number of para-hydroxylation sites is 1. The number of benzene rings is 3. The zero-order valence-electron chi connectivity index (χ0n) is 23.4. The van der Waals surface area contributed by atoms with Crippen LogP contribution in [0.2, 0.25) is 0 Å². The van der Waals surface area contributed by atoms with E-state index in [-0.39, 0.29) is 10.8 Å². The molecule has 0 N–H and O–H groups in total. The van der Waals surface area contributed by atoms with Crippen LogP contribution >= 0.6 is 0 Å². The summed E-state index contributed by atoms with van der Waals surface area (Å²) in [6.45, 7) is 14.6. The van der Waals surface area contributed by atoms with E-state index in [1.54, 1.807) is 0 Å². The van der Waals surface area contributed by atoms with Crippen molar-refractivity contribution in [2.24, 2.45) is 0 Å². The van der Waals surface area contributed by atoms with Gasteiger partial charge in [-0.3, -0.25) is 0 Å². The van der Waals surface area contributed by atoms with Gasteiger partial charge < -0.3 is 4.90 Å². The summed E-state index contributed by atoms with van der Waals surface area (Å²) in [5, 5.41) is 0. The van der Waals surface area contributed by atoms with Gasteiger partial charge in [-0.1, -0.05) is 107 Å². The quantitative estimate of drug-likeness (QED) is 0.335. The van der Waals surface area contributed by atoms with Crippen molar-refractivity contribution in [2.45, 2.75) is 63.7 Å². The highest BCUT2D eigenvalue weighted by atomic mass is 15.2. The molecule has 8 rings (SSSR count). The highest BCUT2D eigenvalue weighted by Gasteiger charge is 2.51. The van der Waals surface area contributed by atoms with Crippen molar-refractivity contribution in [3.05, 3.63) is 142 Å². The lowest BCUT2D eigenvalue weighted by Gasteiger charge is -2.55. The Balaban J connectivity index is 1.47. The van der Waals surface area contributed by atoms with Gasteiger partial charge in [0.25, 0.3) is 0 Å². The molecule has 3 aromatic rings. The van der Waals surface area contributed by atoms with Gasteiger partial charge in [-0.15, -0.1) is 0 Å². The first-order valence-electron chi connectivity index (χ1n) is 14.5.